The first-order valence-electron chi connectivity index (χ1n) is 5.94. The maximum Gasteiger partial charge on any atom is 0.147 e. The number of rotatable bonds is 6. The molecule has 5 heteroatoms. The van der Waals surface area contributed by atoms with Crippen LogP contribution < -0.4 is 5.32 Å². The lowest BCUT2D eigenvalue weighted by Crippen LogP contribution is -2.18. The third kappa shape index (κ3) is 4.74. The zero-order chi connectivity index (χ0) is 13.8. The van der Waals surface area contributed by atoms with Crippen LogP contribution in [0.3, 0.4) is 0 Å². The van der Waals surface area contributed by atoms with Crippen molar-refractivity contribution in [3.8, 4) is 0 Å². The molecule has 0 saturated heterocycles. The molecule has 0 bridgehead atoms. The first-order valence-corrected chi connectivity index (χ1v) is 8.00. The van der Waals surface area contributed by atoms with E-state index >= 15 is 0 Å². The van der Waals surface area contributed by atoms with Crippen molar-refractivity contribution in [1.82, 2.24) is 5.32 Å². The van der Waals surface area contributed by atoms with E-state index < -0.39 is 9.84 Å². The molecule has 0 aliphatic carbocycles. The number of hydrogen-bond acceptors (Lipinski definition) is 3. The van der Waals surface area contributed by atoms with E-state index in [9.17, 15) is 12.8 Å². The number of benzene rings is 1. The van der Waals surface area contributed by atoms with Crippen molar-refractivity contribution < 1.29 is 12.8 Å². The van der Waals surface area contributed by atoms with Crippen LogP contribution in [-0.4, -0.2) is 27.5 Å². The fourth-order valence-corrected chi connectivity index (χ4v) is 2.73. The number of halogens is 1. The smallest absolute Gasteiger partial charge is 0.147 e. The summed E-state index contributed by atoms with van der Waals surface area (Å²) in [5.41, 5.74) is 1.90. The lowest BCUT2D eigenvalue weighted by Gasteiger charge is -2.18. The van der Waals surface area contributed by atoms with Gasteiger partial charge in [-0.1, -0.05) is 6.07 Å². The summed E-state index contributed by atoms with van der Waals surface area (Å²) in [6.07, 6.45) is 2.56. The van der Waals surface area contributed by atoms with Gasteiger partial charge in [0.2, 0.25) is 0 Å². The van der Waals surface area contributed by atoms with Crippen molar-refractivity contribution in [1.29, 1.82) is 0 Å². The monoisotopic (exact) mass is 273 g/mol. The molecule has 18 heavy (non-hydrogen) atoms. The minimum absolute atomic E-state index is 0.0624. The Bertz CT molecular complexity index is 500. The fraction of sp³-hybridized carbons (Fsp3) is 0.538. The first kappa shape index (κ1) is 15.1. The van der Waals surface area contributed by atoms with Gasteiger partial charge in [-0.2, -0.15) is 0 Å². The lowest BCUT2D eigenvalue weighted by molar-refractivity contribution is 0.532. The van der Waals surface area contributed by atoms with E-state index in [0.29, 0.717) is 6.42 Å². The normalized spacial score (nSPS) is 13.6. The van der Waals surface area contributed by atoms with Crippen molar-refractivity contribution in [3.05, 3.63) is 35.1 Å². The molecule has 0 fully saturated rings. The Morgan fingerprint density at radius 2 is 2.06 bits per heavy atom. The molecule has 102 valence electrons. The molecule has 0 spiro atoms. The van der Waals surface area contributed by atoms with E-state index in [1.165, 1.54) is 18.4 Å². The van der Waals surface area contributed by atoms with Gasteiger partial charge in [-0.25, -0.2) is 12.8 Å². The number of hydrogen-bond donors (Lipinski definition) is 1. The number of sulfone groups is 1. The van der Waals surface area contributed by atoms with Crippen LogP contribution in [0.2, 0.25) is 0 Å². The molecular weight excluding hydrogens is 253 g/mol. The fourth-order valence-electron chi connectivity index (χ4n) is 2.04. The molecule has 0 amide bonds. The minimum Gasteiger partial charge on any atom is -0.313 e. The molecule has 1 atom stereocenters. The van der Waals surface area contributed by atoms with Crippen LogP contribution in [0.15, 0.2) is 18.2 Å². The van der Waals surface area contributed by atoms with E-state index in [2.05, 4.69) is 5.32 Å². The maximum absolute atomic E-state index is 13.0. The van der Waals surface area contributed by atoms with E-state index in [1.807, 2.05) is 14.0 Å². The first-order chi connectivity index (χ1) is 8.33. The molecule has 1 aromatic rings. The topological polar surface area (TPSA) is 46.2 Å². The summed E-state index contributed by atoms with van der Waals surface area (Å²) in [5.74, 6) is -0.0620. The highest BCUT2D eigenvalue weighted by Crippen LogP contribution is 2.22. The average molecular weight is 273 g/mol. The Hall–Kier alpha value is -0.940. The second-order valence-electron chi connectivity index (χ2n) is 4.61. The minimum atomic E-state index is -2.91. The second-order valence-corrected chi connectivity index (χ2v) is 6.87. The molecule has 3 nitrogen and oxygen atoms in total. The molecule has 0 aromatic heterocycles. The number of aryl methyl sites for hydroxylation is 1. The van der Waals surface area contributed by atoms with Gasteiger partial charge in [-0.05, 0) is 50.1 Å². The summed E-state index contributed by atoms with van der Waals surface area (Å²) in [6.45, 7) is 1.86. The lowest BCUT2D eigenvalue weighted by atomic mass is 9.98. The molecule has 1 aromatic carbocycles. The van der Waals surface area contributed by atoms with Gasteiger partial charge in [-0.3, -0.25) is 0 Å². The van der Waals surface area contributed by atoms with E-state index in [1.54, 1.807) is 6.07 Å². The van der Waals surface area contributed by atoms with Crippen LogP contribution in [0.5, 0.6) is 0 Å². The van der Waals surface area contributed by atoms with Gasteiger partial charge in [0.15, 0.2) is 0 Å². The number of nitrogens with one attached hydrogen (secondary N) is 1. The second kappa shape index (κ2) is 6.29. The summed E-state index contributed by atoms with van der Waals surface area (Å²) in [6, 6.07) is 4.75. The predicted octanol–water partition coefficient (Wildman–Crippen LogP) is 2.22. The van der Waals surface area contributed by atoms with Gasteiger partial charge in [0, 0.05) is 18.1 Å². The van der Waals surface area contributed by atoms with Gasteiger partial charge in [0.1, 0.15) is 15.7 Å². The van der Waals surface area contributed by atoms with Gasteiger partial charge in [0.25, 0.3) is 0 Å². The third-order valence-corrected chi connectivity index (χ3v) is 3.99. The van der Waals surface area contributed by atoms with Crippen molar-refractivity contribution in [3.63, 3.8) is 0 Å². The summed E-state index contributed by atoms with van der Waals surface area (Å²) < 4.78 is 35.2. The Kier molecular flexibility index (Phi) is 5.28. The summed E-state index contributed by atoms with van der Waals surface area (Å²) in [4.78, 5) is 0. The third-order valence-electron chi connectivity index (χ3n) is 2.96. The maximum atomic E-state index is 13.0. The molecule has 0 heterocycles. The van der Waals surface area contributed by atoms with Gasteiger partial charge in [-0.15, -0.1) is 0 Å². The molecule has 1 rings (SSSR count). The van der Waals surface area contributed by atoms with Crippen LogP contribution in [0, 0.1) is 12.7 Å². The summed E-state index contributed by atoms with van der Waals surface area (Å²) in [5, 5.41) is 3.15. The molecule has 1 N–H and O–H groups in total. The molecule has 0 aliphatic rings. The van der Waals surface area contributed by atoms with E-state index in [4.69, 9.17) is 0 Å². The highest BCUT2D eigenvalue weighted by molar-refractivity contribution is 7.90. The van der Waals surface area contributed by atoms with Crippen LogP contribution in [-0.2, 0) is 9.84 Å². The quantitative estimate of drug-likeness (QED) is 0.864. The molecule has 0 radical (unpaired) electrons. The van der Waals surface area contributed by atoms with Gasteiger partial charge >= 0.3 is 0 Å². The predicted molar refractivity (Wildman–Crippen MR) is 71.9 cm³/mol. The zero-order valence-corrected chi connectivity index (χ0v) is 11.8. The molecule has 1 unspecified atom stereocenters. The Balaban J connectivity index is 2.71. The highest BCUT2D eigenvalue weighted by Gasteiger charge is 2.13. The Morgan fingerprint density at radius 1 is 1.39 bits per heavy atom. The molecule has 0 saturated carbocycles. The SMILES string of the molecule is CNC(CCCS(C)(=O)=O)c1ccc(F)cc1C. The molecular formula is C13H20FNO2S. The highest BCUT2D eigenvalue weighted by atomic mass is 32.2. The van der Waals surface area contributed by atoms with Crippen molar-refractivity contribution >= 4 is 9.84 Å². The summed E-state index contributed by atoms with van der Waals surface area (Å²) >= 11 is 0. The van der Waals surface area contributed by atoms with Crippen molar-refractivity contribution in [2.24, 2.45) is 0 Å². The van der Waals surface area contributed by atoms with Crippen molar-refractivity contribution in [2.75, 3.05) is 19.1 Å². The van der Waals surface area contributed by atoms with E-state index in [0.717, 1.165) is 17.5 Å². The Labute approximate surface area is 108 Å². The van der Waals surface area contributed by atoms with Crippen LogP contribution in [0.4, 0.5) is 4.39 Å². The van der Waals surface area contributed by atoms with Gasteiger partial charge in [0.05, 0.1) is 0 Å². The summed E-state index contributed by atoms with van der Waals surface area (Å²) in [7, 11) is -1.09. The van der Waals surface area contributed by atoms with Gasteiger partial charge < -0.3 is 5.32 Å². The van der Waals surface area contributed by atoms with E-state index in [-0.39, 0.29) is 17.6 Å². The standard InChI is InChI=1S/C13H20FNO2S/c1-10-9-11(14)6-7-12(10)13(15-2)5-4-8-18(3,16)17/h6-7,9,13,15H,4-5,8H2,1-3H3. The largest absolute Gasteiger partial charge is 0.313 e. The van der Waals surface area contributed by atoms with Crippen LogP contribution in [0.25, 0.3) is 0 Å². The zero-order valence-electron chi connectivity index (χ0n) is 11.0. The average Bonchev–Trinajstić information content (AvgIpc) is 2.24. The molecule has 0 aliphatic heterocycles. The van der Waals surface area contributed by atoms with Crippen LogP contribution >= 0.6 is 0 Å². The van der Waals surface area contributed by atoms with Crippen LogP contribution in [0.1, 0.15) is 30.0 Å². The van der Waals surface area contributed by atoms with Crippen molar-refractivity contribution in [2.45, 2.75) is 25.8 Å². The Morgan fingerprint density at radius 3 is 2.56 bits per heavy atom.